The molecule has 2 N–H and O–H groups in total. The van der Waals surface area contributed by atoms with E-state index in [1.54, 1.807) is 7.11 Å². The lowest BCUT2D eigenvalue weighted by atomic mass is 9.96. The van der Waals surface area contributed by atoms with Crippen LogP contribution >= 0.6 is 0 Å². The maximum Gasteiger partial charge on any atom is 0.0900 e. The number of likely N-dealkylation sites (tertiary alicyclic amines) is 1. The highest BCUT2D eigenvalue weighted by Crippen LogP contribution is 2.16. The summed E-state index contributed by atoms with van der Waals surface area (Å²) < 4.78 is 10.4. The molecule has 108 valence electrons. The summed E-state index contributed by atoms with van der Waals surface area (Å²) in [6.45, 7) is 6.97. The predicted molar refractivity (Wildman–Crippen MR) is 69.5 cm³/mol. The Morgan fingerprint density at radius 2 is 2.11 bits per heavy atom. The van der Waals surface area contributed by atoms with E-state index in [0.717, 1.165) is 13.0 Å². The van der Waals surface area contributed by atoms with Crippen molar-refractivity contribution < 1.29 is 19.7 Å². The minimum absolute atomic E-state index is 0.00313. The normalized spacial score (nSPS) is 29.2. The second kappa shape index (κ2) is 8.07. The van der Waals surface area contributed by atoms with Crippen LogP contribution < -0.4 is 0 Å². The molecule has 1 aliphatic rings. The Labute approximate surface area is 110 Å². The minimum atomic E-state index is -0.509. The molecule has 1 saturated heterocycles. The molecular formula is C13H27NO4. The predicted octanol–water partition coefficient (Wildman–Crippen LogP) is 0.102. The van der Waals surface area contributed by atoms with Crippen LogP contribution in [0.1, 0.15) is 20.3 Å². The van der Waals surface area contributed by atoms with Crippen LogP contribution in [-0.2, 0) is 9.47 Å². The average Bonchev–Trinajstić information content (AvgIpc) is 2.32. The van der Waals surface area contributed by atoms with Crippen molar-refractivity contribution >= 4 is 0 Å². The van der Waals surface area contributed by atoms with Crippen LogP contribution in [0.3, 0.4) is 0 Å². The fraction of sp³-hybridized carbons (Fsp3) is 1.00. The van der Waals surface area contributed by atoms with Gasteiger partial charge in [0.25, 0.3) is 0 Å². The van der Waals surface area contributed by atoms with E-state index in [1.165, 1.54) is 0 Å². The molecule has 0 aromatic carbocycles. The van der Waals surface area contributed by atoms with Crippen molar-refractivity contribution in [2.24, 2.45) is 5.92 Å². The van der Waals surface area contributed by atoms with E-state index in [1.807, 2.05) is 6.92 Å². The summed E-state index contributed by atoms with van der Waals surface area (Å²) in [5, 5.41) is 19.7. The minimum Gasteiger partial charge on any atom is -0.392 e. The van der Waals surface area contributed by atoms with Gasteiger partial charge in [0.1, 0.15) is 0 Å². The number of hydrogen-bond donors (Lipinski definition) is 2. The van der Waals surface area contributed by atoms with Gasteiger partial charge in [-0.05, 0) is 25.8 Å². The van der Waals surface area contributed by atoms with Crippen LogP contribution in [-0.4, -0.2) is 73.4 Å². The van der Waals surface area contributed by atoms with Crippen molar-refractivity contribution in [3.8, 4) is 0 Å². The molecule has 4 unspecified atom stereocenters. The highest BCUT2D eigenvalue weighted by atomic mass is 16.5. The van der Waals surface area contributed by atoms with Crippen LogP contribution in [0.2, 0.25) is 0 Å². The third-order valence-corrected chi connectivity index (χ3v) is 3.45. The fourth-order valence-corrected chi connectivity index (χ4v) is 2.19. The van der Waals surface area contributed by atoms with E-state index < -0.39 is 6.10 Å². The van der Waals surface area contributed by atoms with Crippen LogP contribution in [0, 0.1) is 5.92 Å². The van der Waals surface area contributed by atoms with E-state index in [2.05, 4.69) is 11.8 Å². The van der Waals surface area contributed by atoms with Gasteiger partial charge in [-0.2, -0.15) is 0 Å². The van der Waals surface area contributed by atoms with E-state index in [0.29, 0.717) is 32.2 Å². The summed E-state index contributed by atoms with van der Waals surface area (Å²) in [5.74, 6) is 0.358. The second-order valence-corrected chi connectivity index (χ2v) is 5.35. The first kappa shape index (κ1) is 15.9. The molecule has 18 heavy (non-hydrogen) atoms. The van der Waals surface area contributed by atoms with Crippen molar-refractivity contribution in [1.29, 1.82) is 0 Å². The number of aliphatic hydroxyl groups excluding tert-OH is 2. The molecule has 0 amide bonds. The zero-order chi connectivity index (χ0) is 13.5. The first-order valence-corrected chi connectivity index (χ1v) is 6.72. The Kier molecular flexibility index (Phi) is 7.11. The lowest BCUT2D eigenvalue weighted by Crippen LogP contribution is -2.46. The quantitative estimate of drug-likeness (QED) is 0.681. The third kappa shape index (κ3) is 5.63. The van der Waals surface area contributed by atoms with Gasteiger partial charge >= 0.3 is 0 Å². The molecule has 0 aromatic heterocycles. The second-order valence-electron chi connectivity index (χ2n) is 5.35. The molecule has 1 fully saturated rings. The van der Waals surface area contributed by atoms with E-state index in [4.69, 9.17) is 9.47 Å². The molecule has 0 aliphatic carbocycles. The van der Waals surface area contributed by atoms with Crippen molar-refractivity contribution in [3.05, 3.63) is 0 Å². The smallest absolute Gasteiger partial charge is 0.0900 e. The molecule has 0 bridgehead atoms. The Balaban J connectivity index is 2.17. The highest BCUT2D eigenvalue weighted by Gasteiger charge is 2.25. The Hall–Kier alpha value is -0.200. The molecule has 1 rings (SSSR count). The van der Waals surface area contributed by atoms with Gasteiger partial charge < -0.3 is 19.7 Å². The summed E-state index contributed by atoms with van der Waals surface area (Å²) in [4.78, 5) is 2.10. The molecule has 5 heteroatoms. The number of rotatable bonds is 7. The van der Waals surface area contributed by atoms with Crippen LogP contribution in [0.4, 0.5) is 0 Å². The highest BCUT2D eigenvalue weighted by molar-refractivity contribution is 4.78. The molecule has 0 radical (unpaired) electrons. The summed E-state index contributed by atoms with van der Waals surface area (Å²) in [5.41, 5.74) is 0. The molecule has 1 aliphatic heterocycles. The van der Waals surface area contributed by atoms with Crippen molar-refractivity contribution in [2.75, 3.05) is 40.0 Å². The van der Waals surface area contributed by atoms with Crippen LogP contribution in [0.25, 0.3) is 0 Å². The van der Waals surface area contributed by atoms with E-state index >= 15 is 0 Å². The summed E-state index contributed by atoms with van der Waals surface area (Å²) in [7, 11) is 1.63. The molecular weight excluding hydrogens is 234 g/mol. The fourth-order valence-electron chi connectivity index (χ4n) is 2.19. The van der Waals surface area contributed by atoms with Gasteiger partial charge in [-0.25, -0.2) is 0 Å². The van der Waals surface area contributed by atoms with Gasteiger partial charge in [-0.15, -0.1) is 0 Å². The third-order valence-electron chi connectivity index (χ3n) is 3.45. The summed E-state index contributed by atoms with van der Waals surface area (Å²) in [6, 6.07) is 0. The number of nitrogens with zero attached hydrogens (tertiary/aromatic N) is 1. The summed E-state index contributed by atoms with van der Waals surface area (Å²) >= 11 is 0. The zero-order valence-corrected chi connectivity index (χ0v) is 11.7. The number of piperidine rings is 1. The molecule has 0 spiro atoms. The lowest BCUT2D eigenvalue weighted by Gasteiger charge is -2.35. The summed E-state index contributed by atoms with van der Waals surface area (Å²) in [6.07, 6.45) is 0.190. The van der Waals surface area contributed by atoms with Gasteiger partial charge in [0.15, 0.2) is 0 Å². The zero-order valence-electron chi connectivity index (χ0n) is 11.7. The lowest BCUT2D eigenvalue weighted by molar-refractivity contribution is -0.0496. The molecule has 1 heterocycles. The van der Waals surface area contributed by atoms with E-state index in [-0.39, 0.29) is 12.2 Å². The van der Waals surface area contributed by atoms with Gasteiger partial charge in [-0.1, -0.05) is 6.92 Å². The standard InChI is InChI=1S/C13H27NO4/c1-10-4-5-14(7-13(10)16)6-12(15)9-18-11(2)8-17-3/h10-13,15-16H,4-9H2,1-3H3. The van der Waals surface area contributed by atoms with Gasteiger partial charge in [-0.3, -0.25) is 4.90 Å². The first-order valence-electron chi connectivity index (χ1n) is 6.72. The van der Waals surface area contributed by atoms with Crippen molar-refractivity contribution in [3.63, 3.8) is 0 Å². The largest absolute Gasteiger partial charge is 0.392 e. The van der Waals surface area contributed by atoms with Crippen molar-refractivity contribution in [2.45, 2.75) is 38.6 Å². The number of β-amino-alcohol motifs (C(OH)–C–C–N with tert-alkyl or cyclic N) is 2. The monoisotopic (exact) mass is 261 g/mol. The van der Waals surface area contributed by atoms with Crippen LogP contribution in [0.5, 0.6) is 0 Å². The molecule has 4 atom stereocenters. The maximum absolute atomic E-state index is 9.88. The van der Waals surface area contributed by atoms with Gasteiger partial charge in [0.05, 0.1) is 31.5 Å². The Morgan fingerprint density at radius 1 is 1.39 bits per heavy atom. The topological polar surface area (TPSA) is 62.2 Å². The number of ether oxygens (including phenoxy) is 2. The molecule has 0 saturated carbocycles. The average molecular weight is 261 g/mol. The molecule has 5 nitrogen and oxygen atoms in total. The van der Waals surface area contributed by atoms with Crippen molar-refractivity contribution in [1.82, 2.24) is 4.90 Å². The Morgan fingerprint density at radius 3 is 2.72 bits per heavy atom. The van der Waals surface area contributed by atoms with Gasteiger partial charge in [0, 0.05) is 20.2 Å². The Bertz CT molecular complexity index is 227. The van der Waals surface area contributed by atoms with E-state index in [9.17, 15) is 10.2 Å². The molecule has 0 aromatic rings. The number of hydrogen-bond acceptors (Lipinski definition) is 5. The van der Waals surface area contributed by atoms with Crippen LogP contribution in [0.15, 0.2) is 0 Å². The number of aliphatic hydroxyl groups is 2. The SMILES string of the molecule is COCC(C)OCC(O)CN1CCC(C)C(O)C1. The van der Waals surface area contributed by atoms with Gasteiger partial charge in [0.2, 0.25) is 0 Å². The number of methoxy groups -OCH3 is 1. The maximum atomic E-state index is 9.88. The first-order chi connectivity index (χ1) is 8.52.